The topological polar surface area (TPSA) is 43.4 Å². The van der Waals surface area contributed by atoms with Crippen molar-refractivity contribution in [3.05, 3.63) is 18.3 Å². The van der Waals surface area contributed by atoms with Crippen LogP contribution in [-0.2, 0) is 4.74 Å². The highest BCUT2D eigenvalue weighted by Crippen LogP contribution is 2.21. The highest BCUT2D eigenvalue weighted by Gasteiger charge is 2.27. The molecule has 0 fully saturated rings. The second-order valence-electron chi connectivity index (χ2n) is 4.47. The smallest absolute Gasteiger partial charge is 0.411 e. The molecule has 1 aromatic rings. The van der Waals surface area contributed by atoms with E-state index in [1.165, 1.54) is 0 Å². The Labute approximate surface area is 116 Å². The van der Waals surface area contributed by atoms with Crippen LogP contribution in [0.4, 0.5) is 18.9 Å². The number of ether oxygens (including phenoxy) is 2. The average Bonchev–Trinajstić information content (AvgIpc) is 2.33. The SMILES string of the molecule is CC(C)Oc1ncccc1NCCCOCC(F)(F)F. The Morgan fingerprint density at radius 3 is 2.75 bits per heavy atom. The number of hydrogen-bond donors (Lipinski definition) is 1. The van der Waals surface area contributed by atoms with Gasteiger partial charge in [0.15, 0.2) is 0 Å². The maximum Gasteiger partial charge on any atom is 0.411 e. The first kappa shape index (κ1) is 16.6. The van der Waals surface area contributed by atoms with Crippen molar-refractivity contribution in [2.45, 2.75) is 32.5 Å². The van der Waals surface area contributed by atoms with Crippen LogP contribution in [0.3, 0.4) is 0 Å². The van der Waals surface area contributed by atoms with E-state index >= 15 is 0 Å². The molecule has 20 heavy (non-hydrogen) atoms. The van der Waals surface area contributed by atoms with E-state index in [2.05, 4.69) is 15.0 Å². The van der Waals surface area contributed by atoms with Crippen LogP contribution in [0, 0.1) is 0 Å². The van der Waals surface area contributed by atoms with Gasteiger partial charge >= 0.3 is 6.18 Å². The second-order valence-corrected chi connectivity index (χ2v) is 4.47. The van der Waals surface area contributed by atoms with Crippen molar-refractivity contribution in [1.82, 2.24) is 4.98 Å². The normalized spacial score (nSPS) is 11.7. The van der Waals surface area contributed by atoms with Crippen LogP contribution in [0.2, 0.25) is 0 Å². The molecule has 0 amide bonds. The van der Waals surface area contributed by atoms with Gasteiger partial charge in [-0.05, 0) is 32.4 Å². The first-order valence-corrected chi connectivity index (χ1v) is 6.38. The van der Waals surface area contributed by atoms with Crippen LogP contribution in [0.25, 0.3) is 0 Å². The molecule has 1 rings (SSSR count). The zero-order chi connectivity index (χ0) is 15.0. The van der Waals surface area contributed by atoms with Crippen molar-refractivity contribution < 1.29 is 22.6 Å². The Kier molecular flexibility index (Phi) is 6.57. The number of pyridine rings is 1. The summed E-state index contributed by atoms with van der Waals surface area (Å²) in [6.07, 6.45) is -2.18. The van der Waals surface area contributed by atoms with E-state index in [1.54, 1.807) is 18.3 Å². The Hall–Kier alpha value is -1.50. The van der Waals surface area contributed by atoms with Gasteiger partial charge in [0.05, 0.1) is 11.8 Å². The van der Waals surface area contributed by atoms with E-state index < -0.39 is 12.8 Å². The van der Waals surface area contributed by atoms with Crippen LogP contribution < -0.4 is 10.1 Å². The predicted octanol–water partition coefficient (Wildman–Crippen LogP) is 3.25. The monoisotopic (exact) mass is 292 g/mol. The first-order chi connectivity index (χ1) is 9.38. The zero-order valence-corrected chi connectivity index (χ0v) is 11.5. The highest BCUT2D eigenvalue weighted by atomic mass is 19.4. The molecule has 0 aliphatic carbocycles. The summed E-state index contributed by atoms with van der Waals surface area (Å²) in [5, 5.41) is 3.07. The van der Waals surface area contributed by atoms with Crippen molar-refractivity contribution in [3.8, 4) is 5.88 Å². The molecule has 0 aliphatic rings. The first-order valence-electron chi connectivity index (χ1n) is 6.38. The lowest BCUT2D eigenvalue weighted by molar-refractivity contribution is -0.173. The summed E-state index contributed by atoms with van der Waals surface area (Å²) in [5.74, 6) is 0.485. The molecule has 0 saturated heterocycles. The highest BCUT2D eigenvalue weighted by molar-refractivity contribution is 5.51. The van der Waals surface area contributed by atoms with Gasteiger partial charge in [0.1, 0.15) is 6.61 Å². The number of anilines is 1. The second kappa shape index (κ2) is 7.94. The predicted molar refractivity (Wildman–Crippen MR) is 70.0 cm³/mol. The molecule has 0 unspecified atom stereocenters. The maximum absolute atomic E-state index is 11.8. The Morgan fingerprint density at radius 1 is 1.35 bits per heavy atom. The summed E-state index contributed by atoms with van der Waals surface area (Å²) in [5.41, 5.74) is 0.719. The molecule has 4 nitrogen and oxygen atoms in total. The molecule has 1 heterocycles. The lowest BCUT2D eigenvalue weighted by Crippen LogP contribution is -2.18. The molecular weight excluding hydrogens is 273 g/mol. The van der Waals surface area contributed by atoms with E-state index in [4.69, 9.17) is 4.74 Å². The van der Waals surface area contributed by atoms with Gasteiger partial charge in [-0.3, -0.25) is 0 Å². The standard InChI is InChI=1S/C13H19F3N2O2/c1-10(2)20-12-11(5-3-6-18-12)17-7-4-8-19-9-13(14,15)16/h3,5-6,10,17H,4,7-9H2,1-2H3. The number of aromatic nitrogens is 1. The number of halogens is 3. The number of hydrogen-bond acceptors (Lipinski definition) is 4. The van der Waals surface area contributed by atoms with Gasteiger partial charge in [-0.2, -0.15) is 13.2 Å². The summed E-state index contributed by atoms with van der Waals surface area (Å²) in [4.78, 5) is 4.10. The van der Waals surface area contributed by atoms with Gasteiger partial charge in [0, 0.05) is 19.3 Å². The van der Waals surface area contributed by atoms with Crippen LogP contribution in [-0.4, -0.2) is 37.0 Å². The van der Waals surface area contributed by atoms with Crippen LogP contribution in [0.5, 0.6) is 5.88 Å². The molecule has 0 aliphatic heterocycles. The lowest BCUT2D eigenvalue weighted by atomic mass is 10.3. The van der Waals surface area contributed by atoms with Crippen molar-refractivity contribution in [2.24, 2.45) is 0 Å². The summed E-state index contributed by atoms with van der Waals surface area (Å²) in [6.45, 7) is 3.11. The lowest BCUT2D eigenvalue weighted by Gasteiger charge is -2.14. The maximum atomic E-state index is 11.8. The summed E-state index contributed by atoms with van der Waals surface area (Å²) < 4.78 is 45.5. The van der Waals surface area contributed by atoms with Gasteiger partial charge in [-0.25, -0.2) is 4.98 Å². The van der Waals surface area contributed by atoms with Crippen LogP contribution in [0.15, 0.2) is 18.3 Å². The number of rotatable bonds is 8. The molecule has 0 aromatic carbocycles. The Bertz CT molecular complexity index is 397. The fourth-order valence-electron chi connectivity index (χ4n) is 1.43. The third-order valence-electron chi connectivity index (χ3n) is 2.17. The van der Waals surface area contributed by atoms with E-state index in [0.29, 0.717) is 18.8 Å². The van der Waals surface area contributed by atoms with Crippen molar-refractivity contribution in [3.63, 3.8) is 0 Å². The van der Waals surface area contributed by atoms with E-state index in [1.807, 2.05) is 13.8 Å². The van der Waals surface area contributed by atoms with E-state index in [0.717, 1.165) is 5.69 Å². The largest absolute Gasteiger partial charge is 0.473 e. The third kappa shape index (κ3) is 7.18. The van der Waals surface area contributed by atoms with Crippen LogP contribution in [0.1, 0.15) is 20.3 Å². The summed E-state index contributed by atoms with van der Waals surface area (Å²) in [6, 6.07) is 3.57. The Morgan fingerprint density at radius 2 is 2.10 bits per heavy atom. The molecule has 1 aromatic heterocycles. The average molecular weight is 292 g/mol. The quantitative estimate of drug-likeness (QED) is 0.747. The molecule has 114 valence electrons. The Balaban J connectivity index is 2.28. The molecule has 7 heteroatoms. The molecule has 0 saturated carbocycles. The van der Waals surface area contributed by atoms with Gasteiger partial charge in [0.25, 0.3) is 0 Å². The van der Waals surface area contributed by atoms with Crippen molar-refractivity contribution in [1.29, 1.82) is 0 Å². The van der Waals surface area contributed by atoms with Gasteiger partial charge in [-0.1, -0.05) is 0 Å². The number of nitrogens with one attached hydrogen (secondary N) is 1. The molecular formula is C13H19F3N2O2. The fourth-order valence-corrected chi connectivity index (χ4v) is 1.43. The van der Waals surface area contributed by atoms with Crippen molar-refractivity contribution >= 4 is 5.69 Å². The van der Waals surface area contributed by atoms with Crippen molar-refractivity contribution in [2.75, 3.05) is 25.1 Å². The molecule has 0 spiro atoms. The summed E-state index contributed by atoms with van der Waals surface area (Å²) >= 11 is 0. The fraction of sp³-hybridized carbons (Fsp3) is 0.615. The molecule has 0 bridgehead atoms. The minimum absolute atomic E-state index is 0.000527. The zero-order valence-electron chi connectivity index (χ0n) is 11.5. The minimum Gasteiger partial charge on any atom is -0.473 e. The van der Waals surface area contributed by atoms with Crippen LogP contribution >= 0.6 is 0 Å². The van der Waals surface area contributed by atoms with E-state index in [9.17, 15) is 13.2 Å². The van der Waals surface area contributed by atoms with Gasteiger partial charge in [0.2, 0.25) is 5.88 Å². The molecule has 0 atom stereocenters. The van der Waals surface area contributed by atoms with Gasteiger partial charge in [-0.15, -0.1) is 0 Å². The molecule has 0 radical (unpaired) electrons. The number of alkyl halides is 3. The molecule has 1 N–H and O–H groups in total. The third-order valence-corrected chi connectivity index (χ3v) is 2.17. The number of nitrogens with zero attached hydrogens (tertiary/aromatic N) is 1. The van der Waals surface area contributed by atoms with Gasteiger partial charge < -0.3 is 14.8 Å². The van der Waals surface area contributed by atoms with E-state index in [-0.39, 0.29) is 12.7 Å². The minimum atomic E-state index is -4.27. The summed E-state index contributed by atoms with van der Waals surface area (Å²) in [7, 11) is 0.